The van der Waals surface area contributed by atoms with Crippen LogP contribution in [0.2, 0.25) is 5.02 Å². The number of hydrogen-bond donors (Lipinski definition) is 1. The summed E-state index contributed by atoms with van der Waals surface area (Å²) in [6.45, 7) is 2.71. The zero-order valence-corrected chi connectivity index (χ0v) is 8.03. The molecule has 0 bridgehead atoms. The zero-order chi connectivity index (χ0) is 9.42. The van der Waals surface area contributed by atoms with Crippen molar-refractivity contribution in [2.75, 3.05) is 13.2 Å². The third-order valence-electron chi connectivity index (χ3n) is 2.22. The van der Waals surface area contributed by atoms with Crippen LogP contribution in [0, 0.1) is 6.92 Å². The van der Waals surface area contributed by atoms with Crippen molar-refractivity contribution in [2.45, 2.75) is 19.1 Å². The lowest BCUT2D eigenvalue weighted by Crippen LogP contribution is -2.22. The van der Waals surface area contributed by atoms with E-state index in [1.807, 2.05) is 6.92 Å². The molecule has 1 saturated heterocycles. The maximum absolute atomic E-state index is 9.51. The molecule has 72 valence electrons. The molecule has 0 aliphatic carbocycles. The standard InChI is InChI=1S/C8H11ClN2O2/c1-5-6(9)2-11(10-5)7-3-13-4-8(7)12/h2,7-8,12H,3-4H2,1H3. The minimum Gasteiger partial charge on any atom is -0.388 e. The number of aliphatic hydroxyl groups is 1. The van der Waals surface area contributed by atoms with E-state index in [1.54, 1.807) is 10.9 Å². The van der Waals surface area contributed by atoms with E-state index in [4.69, 9.17) is 16.3 Å². The summed E-state index contributed by atoms with van der Waals surface area (Å²) in [6.07, 6.45) is 1.25. The Morgan fingerprint density at radius 2 is 2.46 bits per heavy atom. The van der Waals surface area contributed by atoms with Crippen LogP contribution in [0.3, 0.4) is 0 Å². The summed E-state index contributed by atoms with van der Waals surface area (Å²) >= 11 is 5.85. The molecule has 2 heterocycles. The molecule has 5 heteroatoms. The Labute approximate surface area is 81.1 Å². The Bertz CT molecular complexity index is 294. The monoisotopic (exact) mass is 202 g/mol. The minimum atomic E-state index is -0.477. The van der Waals surface area contributed by atoms with Crippen LogP contribution >= 0.6 is 11.6 Å². The second-order valence-electron chi connectivity index (χ2n) is 3.21. The van der Waals surface area contributed by atoms with Gasteiger partial charge in [-0.15, -0.1) is 0 Å². The molecule has 0 amide bonds. The Kier molecular flexibility index (Phi) is 2.27. The van der Waals surface area contributed by atoms with E-state index in [9.17, 15) is 5.11 Å². The van der Waals surface area contributed by atoms with Gasteiger partial charge >= 0.3 is 0 Å². The third-order valence-corrected chi connectivity index (χ3v) is 2.59. The summed E-state index contributed by atoms with van der Waals surface area (Å²) in [4.78, 5) is 0. The number of ether oxygens (including phenoxy) is 1. The predicted octanol–water partition coefficient (Wildman–Crippen LogP) is 0.777. The molecular weight excluding hydrogens is 192 g/mol. The number of aromatic nitrogens is 2. The zero-order valence-electron chi connectivity index (χ0n) is 7.27. The van der Waals surface area contributed by atoms with Crippen molar-refractivity contribution in [3.63, 3.8) is 0 Å². The van der Waals surface area contributed by atoms with Crippen molar-refractivity contribution >= 4 is 11.6 Å². The van der Waals surface area contributed by atoms with E-state index >= 15 is 0 Å². The summed E-state index contributed by atoms with van der Waals surface area (Å²) in [5.41, 5.74) is 0.778. The highest BCUT2D eigenvalue weighted by molar-refractivity contribution is 6.31. The number of hydrogen-bond acceptors (Lipinski definition) is 3. The maximum Gasteiger partial charge on any atom is 0.103 e. The SMILES string of the molecule is Cc1nn(C2COCC2O)cc1Cl. The van der Waals surface area contributed by atoms with Crippen LogP contribution in [0.25, 0.3) is 0 Å². The van der Waals surface area contributed by atoms with Crippen molar-refractivity contribution in [1.29, 1.82) is 0 Å². The second-order valence-corrected chi connectivity index (χ2v) is 3.62. The lowest BCUT2D eigenvalue weighted by Gasteiger charge is -2.11. The van der Waals surface area contributed by atoms with Crippen molar-refractivity contribution < 1.29 is 9.84 Å². The molecular formula is C8H11ClN2O2. The van der Waals surface area contributed by atoms with Crippen molar-refractivity contribution in [3.8, 4) is 0 Å². The van der Waals surface area contributed by atoms with Crippen LogP contribution in [0.4, 0.5) is 0 Å². The van der Waals surface area contributed by atoms with E-state index in [1.165, 1.54) is 0 Å². The summed E-state index contributed by atoms with van der Waals surface area (Å²) < 4.78 is 6.79. The number of aryl methyl sites for hydroxylation is 1. The highest BCUT2D eigenvalue weighted by Gasteiger charge is 2.28. The molecule has 0 radical (unpaired) electrons. The molecule has 4 nitrogen and oxygen atoms in total. The molecule has 1 aliphatic rings. The summed E-state index contributed by atoms with van der Waals surface area (Å²) in [5.74, 6) is 0. The first-order valence-electron chi connectivity index (χ1n) is 4.15. The van der Waals surface area contributed by atoms with Gasteiger partial charge in [-0.2, -0.15) is 5.10 Å². The summed E-state index contributed by atoms with van der Waals surface area (Å²) in [5, 5.41) is 14.3. The molecule has 1 fully saturated rings. The topological polar surface area (TPSA) is 47.3 Å². The molecule has 0 saturated carbocycles. The first-order chi connectivity index (χ1) is 6.18. The fourth-order valence-corrected chi connectivity index (χ4v) is 1.55. The molecule has 13 heavy (non-hydrogen) atoms. The van der Waals surface area contributed by atoms with Crippen LogP contribution in [0.5, 0.6) is 0 Å². The molecule has 1 aromatic heterocycles. The number of halogens is 1. The Balaban J connectivity index is 2.24. The number of aliphatic hydroxyl groups excluding tert-OH is 1. The number of nitrogens with zero attached hydrogens (tertiary/aromatic N) is 2. The van der Waals surface area contributed by atoms with Crippen LogP contribution < -0.4 is 0 Å². The molecule has 2 atom stereocenters. The van der Waals surface area contributed by atoms with Gasteiger partial charge in [-0.3, -0.25) is 4.68 Å². The first kappa shape index (κ1) is 8.99. The Morgan fingerprint density at radius 1 is 1.69 bits per heavy atom. The van der Waals surface area contributed by atoms with Crippen molar-refractivity contribution in [2.24, 2.45) is 0 Å². The van der Waals surface area contributed by atoms with Gasteiger partial charge in [-0.05, 0) is 6.92 Å². The van der Waals surface area contributed by atoms with Gasteiger partial charge in [0.15, 0.2) is 0 Å². The van der Waals surface area contributed by atoms with Gasteiger partial charge in [0.05, 0.1) is 23.9 Å². The fraction of sp³-hybridized carbons (Fsp3) is 0.625. The van der Waals surface area contributed by atoms with Crippen LogP contribution in [-0.2, 0) is 4.74 Å². The van der Waals surface area contributed by atoms with Crippen LogP contribution in [-0.4, -0.2) is 34.2 Å². The van der Waals surface area contributed by atoms with E-state index in [0.717, 1.165) is 5.69 Å². The lowest BCUT2D eigenvalue weighted by molar-refractivity contribution is 0.118. The van der Waals surface area contributed by atoms with Crippen LogP contribution in [0.1, 0.15) is 11.7 Å². The van der Waals surface area contributed by atoms with Crippen molar-refractivity contribution in [3.05, 3.63) is 16.9 Å². The number of rotatable bonds is 1. The molecule has 1 aromatic rings. The molecule has 0 spiro atoms. The average Bonchev–Trinajstić information content (AvgIpc) is 2.60. The van der Waals surface area contributed by atoms with Gasteiger partial charge in [-0.25, -0.2) is 0 Å². The summed E-state index contributed by atoms with van der Waals surface area (Å²) in [6, 6.07) is -0.0915. The second kappa shape index (κ2) is 3.29. The lowest BCUT2D eigenvalue weighted by atomic mass is 10.2. The molecule has 1 aliphatic heterocycles. The molecule has 1 N–H and O–H groups in total. The van der Waals surface area contributed by atoms with E-state index in [-0.39, 0.29) is 6.04 Å². The third kappa shape index (κ3) is 1.57. The van der Waals surface area contributed by atoms with Gasteiger partial charge in [0.25, 0.3) is 0 Å². The van der Waals surface area contributed by atoms with Gasteiger partial charge < -0.3 is 9.84 Å². The quantitative estimate of drug-likeness (QED) is 0.732. The molecule has 0 aromatic carbocycles. The van der Waals surface area contributed by atoms with E-state index < -0.39 is 6.10 Å². The molecule has 2 rings (SSSR count). The smallest absolute Gasteiger partial charge is 0.103 e. The summed E-state index contributed by atoms with van der Waals surface area (Å²) in [7, 11) is 0. The average molecular weight is 203 g/mol. The minimum absolute atomic E-state index is 0.0915. The van der Waals surface area contributed by atoms with Crippen LogP contribution in [0.15, 0.2) is 6.20 Å². The highest BCUT2D eigenvalue weighted by atomic mass is 35.5. The van der Waals surface area contributed by atoms with Gasteiger partial charge in [0.1, 0.15) is 12.1 Å². The maximum atomic E-state index is 9.51. The first-order valence-corrected chi connectivity index (χ1v) is 4.53. The molecule has 2 unspecified atom stereocenters. The van der Waals surface area contributed by atoms with Gasteiger partial charge in [-0.1, -0.05) is 11.6 Å². The normalized spacial score (nSPS) is 28.2. The van der Waals surface area contributed by atoms with Crippen molar-refractivity contribution in [1.82, 2.24) is 9.78 Å². The highest BCUT2D eigenvalue weighted by Crippen LogP contribution is 2.22. The van der Waals surface area contributed by atoms with E-state index in [2.05, 4.69) is 5.10 Å². The predicted molar refractivity (Wildman–Crippen MR) is 47.8 cm³/mol. The Morgan fingerprint density at radius 3 is 2.92 bits per heavy atom. The van der Waals surface area contributed by atoms with Gasteiger partial charge in [0.2, 0.25) is 0 Å². The van der Waals surface area contributed by atoms with E-state index in [0.29, 0.717) is 18.2 Å². The van der Waals surface area contributed by atoms with Gasteiger partial charge in [0, 0.05) is 6.20 Å². The largest absolute Gasteiger partial charge is 0.388 e. The fourth-order valence-electron chi connectivity index (χ4n) is 1.41. The Hall–Kier alpha value is -0.580.